The summed E-state index contributed by atoms with van der Waals surface area (Å²) in [4.78, 5) is 52.6. The van der Waals surface area contributed by atoms with Crippen LogP contribution in [0.25, 0.3) is 11.1 Å². The van der Waals surface area contributed by atoms with Crippen molar-refractivity contribution in [1.29, 1.82) is 0 Å². The third-order valence-electron chi connectivity index (χ3n) is 7.12. The van der Waals surface area contributed by atoms with Crippen LogP contribution in [0.3, 0.4) is 0 Å². The Morgan fingerprint density at radius 1 is 0.837 bits per heavy atom. The molecule has 228 valence electrons. The topological polar surface area (TPSA) is 125 Å². The van der Waals surface area contributed by atoms with Crippen LogP contribution < -0.4 is 10.6 Å². The van der Waals surface area contributed by atoms with Gasteiger partial charge in [0, 0.05) is 26.4 Å². The number of amides is 3. The minimum absolute atomic E-state index is 0.0353. The molecule has 3 aromatic carbocycles. The van der Waals surface area contributed by atoms with Crippen LogP contribution in [0.5, 0.6) is 0 Å². The zero-order valence-electron chi connectivity index (χ0n) is 25.2. The minimum atomic E-state index is -1.87. The Bertz CT molecular complexity index is 1360. The highest BCUT2D eigenvalue weighted by Gasteiger charge is 2.46. The second kappa shape index (κ2) is 15.5. The summed E-state index contributed by atoms with van der Waals surface area (Å²) in [5, 5.41) is 16.0. The van der Waals surface area contributed by atoms with E-state index in [0.717, 1.165) is 16.7 Å². The molecule has 0 aliphatic carbocycles. The molecule has 3 rings (SSSR count). The number of hydrogen-bond donors (Lipinski definition) is 3. The molecule has 0 radical (unpaired) electrons. The van der Waals surface area contributed by atoms with Gasteiger partial charge in [0.1, 0.15) is 6.61 Å². The number of carboxylic acid groups (broad SMARTS) is 1. The van der Waals surface area contributed by atoms with Gasteiger partial charge in [-0.3, -0.25) is 9.59 Å². The smallest absolute Gasteiger partial charge is 0.331 e. The lowest BCUT2D eigenvalue weighted by atomic mass is 9.83. The lowest BCUT2D eigenvalue weighted by molar-refractivity contribution is -0.147. The number of carbonyl (C=O) groups is 4. The van der Waals surface area contributed by atoms with E-state index in [2.05, 4.69) is 10.6 Å². The number of benzene rings is 3. The summed E-state index contributed by atoms with van der Waals surface area (Å²) >= 11 is 0. The van der Waals surface area contributed by atoms with E-state index in [0.29, 0.717) is 5.56 Å². The molecule has 0 aromatic heterocycles. The van der Waals surface area contributed by atoms with Gasteiger partial charge in [0.2, 0.25) is 5.91 Å². The van der Waals surface area contributed by atoms with Crippen LogP contribution in [-0.2, 0) is 32.1 Å². The van der Waals surface area contributed by atoms with E-state index in [1.165, 1.54) is 11.8 Å². The van der Waals surface area contributed by atoms with Crippen molar-refractivity contribution in [2.24, 2.45) is 5.92 Å². The van der Waals surface area contributed by atoms with Gasteiger partial charge in [0.15, 0.2) is 5.54 Å². The van der Waals surface area contributed by atoms with E-state index in [1.54, 1.807) is 6.92 Å². The van der Waals surface area contributed by atoms with E-state index in [9.17, 15) is 24.3 Å². The zero-order chi connectivity index (χ0) is 31.4. The molecule has 3 amide bonds. The van der Waals surface area contributed by atoms with E-state index >= 15 is 0 Å². The first kappa shape index (κ1) is 32.8. The van der Waals surface area contributed by atoms with Crippen molar-refractivity contribution in [1.82, 2.24) is 15.5 Å². The van der Waals surface area contributed by atoms with Gasteiger partial charge in [-0.05, 0) is 35.1 Å². The third kappa shape index (κ3) is 9.70. The maximum atomic E-state index is 13.7. The molecule has 0 saturated heterocycles. The number of carbonyl (C=O) groups excluding carboxylic acids is 3. The van der Waals surface area contributed by atoms with Crippen molar-refractivity contribution >= 4 is 23.9 Å². The molecular weight excluding hydrogens is 546 g/mol. The van der Waals surface area contributed by atoms with Crippen LogP contribution in [0.2, 0.25) is 0 Å². The fraction of sp³-hybridized carbons (Fsp3) is 0.353. The molecule has 1 unspecified atom stereocenters. The molecule has 0 heterocycles. The first-order valence-electron chi connectivity index (χ1n) is 14.4. The number of nitrogens with zero attached hydrogens (tertiary/aromatic N) is 1. The van der Waals surface area contributed by atoms with Crippen LogP contribution in [-0.4, -0.2) is 58.6 Å². The van der Waals surface area contributed by atoms with E-state index < -0.39 is 35.5 Å². The summed E-state index contributed by atoms with van der Waals surface area (Å²) in [7, 11) is 0. The first-order valence-corrected chi connectivity index (χ1v) is 14.4. The van der Waals surface area contributed by atoms with E-state index in [4.69, 9.17) is 4.74 Å². The highest BCUT2D eigenvalue weighted by atomic mass is 16.5. The Balaban J connectivity index is 1.81. The molecule has 0 aliphatic heterocycles. The molecule has 0 saturated carbocycles. The van der Waals surface area contributed by atoms with Gasteiger partial charge < -0.3 is 25.4 Å². The van der Waals surface area contributed by atoms with E-state index in [1.807, 2.05) is 98.8 Å². The Morgan fingerprint density at radius 3 is 1.98 bits per heavy atom. The maximum absolute atomic E-state index is 13.7. The second-order valence-corrected chi connectivity index (χ2v) is 11.1. The largest absolute Gasteiger partial charge is 0.479 e. The van der Waals surface area contributed by atoms with Crippen LogP contribution in [0.15, 0.2) is 84.9 Å². The molecule has 3 aromatic rings. The van der Waals surface area contributed by atoms with Crippen molar-refractivity contribution in [3.05, 3.63) is 96.1 Å². The summed E-state index contributed by atoms with van der Waals surface area (Å²) in [6.45, 7) is 7.14. The monoisotopic (exact) mass is 587 g/mol. The van der Waals surface area contributed by atoms with Crippen LogP contribution in [0, 0.1) is 5.92 Å². The number of hydrogen-bond acceptors (Lipinski definition) is 5. The highest BCUT2D eigenvalue weighted by Crippen LogP contribution is 2.24. The van der Waals surface area contributed by atoms with Gasteiger partial charge in [0.05, 0.1) is 12.5 Å². The highest BCUT2D eigenvalue weighted by molar-refractivity contribution is 5.88. The fourth-order valence-corrected chi connectivity index (χ4v) is 4.84. The summed E-state index contributed by atoms with van der Waals surface area (Å²) in [5.41, 5.74) is 1.62. The van der Waals surface area contributed by atoms with Crippen molar-refractivity contribution in [3.63, 3.8) is 0 Å². The molecule has 3 N–H and O–H groups in total. The van der Waals surface area contributed by atoms with Crippen LogP contribution >= 0.6 is 0 Å². The molecule has 2 atom stereocenters. The SMILES string of the molecule is CC(=O)NC(C)[C@](Cc1ccc(-c2ccccc2)cc1)(NC(=O)N(CCC(=O)OCc1ccccc1)CC(C)C)C(=O)O. The molecular formula is C34H41N3O6. The third-order valence-corrected chi connectivity index (χ3v) is 7.12. The Morgan fingerprint density at radius 2 is 1.42 bits per heavy atom. The standard InChI is InChI=1S/C34H41N3O6/c1-24(2)22-37(20-19-31(39)43-23-28-11-7-5-8-12-28)33(42)36-34(32(40)41,25(3)35-26(4)38)21-27-15-17-30(18-16-27)29-13-9-6-10-14-29/h5-18,24-25H,19-23H2,1-4H3,(H,35,38)(H,36,42)(H,40,41)/t25?,34-/m0/s1. The molecule has 0 spiro atoms. The number of urea groups is 1. The average molecular weight is 588 g/mol. The number of nitrogens with one attached hydrogen (secondary N) is 2. The zero-order valence-corrected chi connectivity index (χ0v) is 25.2. The van der Waals surface area contributed by atoms with Gasteiger partial charge >= 0.3 is 18.0 Å². The molecule has 9 heteroatoms. The van der Waals surface area contributed by atoms with Gasteiger partial charge in [0.25, 0.3) is 0 Å². The summed E-state index contributed by atoms with van der Waals surface area (Å²) in [5.74, 6) is -2.14. The molecule has 0 fully saturated rings. The number of ether oxygens (including phenoxy) is 1. The van der Waals surface area contributed by atoms with Crippen molar-refractivity contribution in [2.45, 2.75) is 58.7 Å². The van der Waals surface area contributed by atoms with Gasteiger partial charge in [-0.2, -0.15) is 0 Å². The molecule has 43 heavy (non-hydrogen) atoms. The van der Waals surface area contributed by atoms with Gasteiger partial charge in [-0.25, -0.2) is 9.59 Å². The quantitative estimate of drug-likeness (QED) is 0.227. The molecule has 0 aliphatic rings. The first-order chi connectivity index (χ1) is 20.5. The second-order valence-electron chi connectivity index (χ2n) is 11.1. The predicted octanol–water partition coefficient (Wildman–Crippen LogP) is 5.05. The lowest BCUT2D eigenvalue weighted by Gasteiger charge is -2.38. The minimum Gasteiger partial charge on any atom is -0.479 e. The molecule has 0 bridgehead atoms. The summed E-state index contributed by atoms with van der Waals surface area (Å²) < 4.78 is 5.37. The van der Waals surface area contributed by atoms with Crippen molar-refractivity contribution < 1.29 is 29.0 Å². The summed E-state index contributed by atoms with van der Waals surface area (Å²) in [6.07, 6.45) is -0.144. The number of rotatable bonds is 14. The van der Waals surface area contributed by atoms with Crippen LogP contribution in [0.4, 0.5) is 4.79 Å². The Labute approximate surface area is 253 Å². The number of aliphatic carboxylic acids is 1. The average Bonchev–Trinajstić information content (AvgIpc) is 2.98. The predicted molar refractivity (Wildman–Crippen MR) is 165 cm³/mol. The number of esters is 1. The Hall–Kier alpha value is -4.66. The fourth-order valence-electron chi connectivity index (χ4n) is 4.84. The van der Waals surface area contributed by atoms with Crippen molar-refractivity contribution in [3.8, 4) is 11.1 Å². The summed E-state index contributed by atoms with van der Waals surface area (Å²) in [6, 6.07) is 24.9. The van der Waals surface area contributed by atoms with Gasteiger partial charge in [-0.15, -0.1) is 0 Å². The normalized spacial score (nSPS) is 13.0. The van der Waals surface area contributed by atoms with Crippen molar-refractivity contribution in [2.75, 3.05) is 13.1 Å². The van der Waals surface area contributed by atoms with Crippen LogP contribution in [0.1, 0.15) is 45.2 Å². The lowest BCUT2D eigenvalue weighted by Crippen LogP contribution is -2.68. The number of carboxylic acids is 1. The maximum Gasteiger partial charge on any atom is 0.331 e. The van der Waals surface area contributed by atoms with Gasteiger partial charge in [-0.1, -0.05) is 98.8 Å². The Kier molecular flexibility index (Phi) is 11.9. The molecule has 9 nitrogen and oxygen atoms in total. The van der Waals surface area contributed by atoms with E-state index in [-0.39, 0.29) is 38.5 Å².